The van der Waals surface area contributed by atoms with Gasteiger partial charge < -0.3 is 5.11 Å². The molecule has 100 valence electrons. The predicted octanol–water partition coefficient (Wildman–Crippen LogP) is 3.59. The van der Waals surface area contributed by atoms with Crippen molar-refractivity contribution in [2.24, 2.45) is 0 Å². The molecule has 0 spiro atoms. The molecule has 0 bridgehead atoms. The van der Waals surface area contributed by atoms with Crippen LogP contribution in [0.25, 0.3) is 0 Å². The molecule has 19 heavy (non-hydrogen) atoms. The first-order valence-corrected chi connectivity index (χ1v) is 6.53. The molecule has 0 aliphatic rings. The molecule has 0 radical (unpaired) electrons. The lowest BCUT2D eigenvalue weighted by atomic mass is 9.98. The van der Waals surface area contributed by atoms with Gasteiger partial charge in [-0.25, -0.2) is 4.39 Å². The zero-order valence-electron chi connectivity index (χ0n) is 11.4. The van der Waals surface area contributed by atoms with Gasteiger partial charge in [-0.2, -0.15) is 0 Å². The molecular weight excluding hydrogens is 239 g/mol. The highest BCUT2D eigenvalue weighted by atomic mass is 19.1. The molecule has 1 atom stereocenters. The average Bonchev–Trinajstić information content (AvgIpc) is 2.36. The Labute approximate surface area is 113 Å². The molecule has 0 aliphatic carbocycles. The van der Waals surface area contributed by atoms with Crippen LogP contribution in [0.5, 0.6) is 0 Å². The molecule has 0 saturated carbocycles. The Balaban J connectivity index is 2.01. The first-order valence-electron chi connectivity index (χ1n) is 6.53. The highest BCUT2D eigenvalue weighted by Crippen LogP contribution is 2.15. The molecule has 2 heteroatoms. The zero-order chi connectivity index (χ0) is 13.8. The van der Waals surface area contributed by atoms with Gasteiger partial charge in [0.15, 0.2) is 0 Å². The number of halogens is 1. The Bertz CT molecular complexity index is 546. The van der Waals surface area contributed by atoms with Crippen molar-refractivity contribution in [1.29, 1.82) is 0 Å². The van der Waals surface area contributed by atoms with E-state index in [-0.39, 0.29) is 5.82 Å². The highest BCUT2D eigenvalue weighted by Gasteiger charge is 2.09. The second kappa shape index (κ2) is 5.98. The number of benzene rings is 2. The lowest BCUT2D eigenvalue weighted by Gasteiger charge is -2.13. The fraction of sp³-hybridized carbons (Fsp3) is 0.294. The zero-order valence-corrected chi connectivity index (χ0v) is 11.4. The molecule has 0 saturated heterocycles. The van der Waals surface area contributed by atoms with Gasteiger partial charge in [0, 0.05) is 0 Å². The molecule has 0 fully saturated rings. The van der Waals surface area contributed by atoms with Crippen LogP contribution in [-0.4, -0.2) is 11.2 Å². The summed E-state index contributed by atoms with van der Waals surface area (Å²) in [6.07, 6.45) is 0.740. The Morgan fingerprint density at radius 1 is 1.00 bits per heavy atom. The third-order valence-electron chi connectivity index (χ3n) is 3.35. The van der Waals surface area contributed by atoms with Gasteiger partial charge in [-0.3, -0.25) is 0 Å². The van der Waals surface area contributed by atoms with Gasteiger partial charge in [-0.05, 0) is 55.5 Å². The maximum absolute atomic E-state index is 13.0. The van der Waals surface area contributed by atoms with Crippen LogP contribution in [-0.2, 0) is 12.8 Å². The lowest BCUT2D eigenvalue weighted by molar-refractivity contribution is 0.175. The SMILES string of the molecule is Cc1ccc(CC(O)Cc2ccc(F)cc2C)cc1. The first-order chi connectivity index (χ1) is 9.04. The predicted molar refractivity (Wildman–Crippen MR) is 75.7 cm³/mol. The van der Waals surface area contributed by atoms with E-state index >= 15 is 0 Å². The summed E-state index contributed by atoms with van der Waals surface area (Å²) in [4.78, 5) is 0. The molecular formula is C17H19FO. The Morgan fingerprint density at radius 2 is 1.68 bits per heavy atom. The van der Waals surface area contributed by atoms with E-state index in [1.165, 1.54) is 17.7 Å². The topological polar surface area (TPSA) is 20.2 Å². The fourth-order valence-electron chi connectivity index (χ4n) is 2.21. The van der Waals surface area contributed by atoms with Crippen LogP contribution in [0.4, 0.5) is 4.39 Å². The summed E-state index contributed by atoms with van der Waals surface area (Å²) in [6, 6.07) is 12.9. The summed E-state index contributed by atoms with van der Waals surface area (Å²) < 4.78 is 13.0. The van der Waals surface area contributed by atoms with E-state index in [9.17, 15) is 9.50 Å². The van der Waals surface area contributed by atoms with Crippen LogP contribution >= 0.6 is 0 Å². The van der Waals surface area contributed by atoms with Crippen LogP contribution in [0.3, 0.4) is 0 Å². The average molecular weight is 258 g/mol. The smallest absolute Gasteiger partial charge is 0.123 e. The van der Waals surface area contributed by atoms with Crippen LogP contribution in [0.2, 0.25) is 0 Å². The van der Waals surface area contributed by atoms with Gasteiger partial charge in [0.25, 0.3) is 0 Å². The van der Waals surface area contributed by atoms with Crippen LogP contribution < -0.4 is 0 Å². The molecule has 0 aromatic heterocycles. The second-order valence-electron chi connectivity index (χ2n) is 5.12. The number of aryl methyl sites for hydroxylation is 2. The molecule has 0 heterocycles. The molecule has 2 aromatic rings. The molecule has 1 unspecified atom stereocenters. The summed E-state index contributed by atoms with van der Waals surface area (Å²) in [5.41, 5.74) is 4.23. The highest BCUT2D eigenvalue weighted by molar-refractivity contribution is 5.28. The van der Waals surface area contributed by atoms with Gasteiger partial charge in [-0.15, -0.1) is 0 Å². The summed E-state index contributed by atoms with van der Waals surface area (Å²) in [5.74, 6) is -0.228. The van der Waals surface area contributed by atoms with E-state index in [1.54, 1.807) is 6.07 Å². The maximum atomic E-state index is 13.0. The molecule has 1 nitrogen and oxygen atoms in total. The normalized spacial score (nSPS) is 12.4. The van der Waals surface area contributed by atoms with Crippen LogP contribution in [0.15, 0.2) is 42.5 Å². The number of rotatable bonds is 4. The summed E-state index contributed by atoms with van der Waals surface area (Å²) in [5, 5.41) is 10.1. The van der Waals surface area contributed by atoms with Gasteiger partial charge in [0.05, 0.1) is 6.10 Å². The van der Waals surface area contributed by atoms with E-state index in [0.29, 0.717) is 12.8 Å². The monoisotopic (exact) mass is 258 g/mol. The standard InChI is InChI=1S/C17H19FO/c1-12-3-5-14(6-4-12)10-17(19)11-15-7-8-16(18)9-13(15)2/h3-9,17,19H,10-11H2,1-2H3. The number of aliphatic hydroxyl groups is 1. The van der Waals surface area contributed by atoms with Crippen molar-refractivity contribution < 1.29 is 9.50 Å². The van der Waals surface area contributed by atoms with Crippen molar-refractivity contribution in [2.45, 2.75) is 32.8 Å². The van der Waals surface area contributed by atoms with E-state index in [0.717, 1.165) is 16.7 Å². The molecule has 1 N–H and O–H groups in total. The largest absolute Gasteiger partial charge is 0.392 e. The van der Waals surface area contributed by atoms with Crippen LogP contribution in [0, 0.1) is 19.7 Å². The van der Waals surface area contributed by atoms with Gasteiger partial charge in [0.2, 0.25) is 0 Å². The van der Waals surface area contributed by atoms with Crippen molar-refractivity contribution >= 4 is 0 Å². The molecule has 2 rings (SSSR count). The fourth-order valence-corrected chi connectivity index (χ4v) is 2.21. The third-order valence-corrected chi connectivity index (χ3v) is 3.35. The van der Waals surface area contributed by atoms with Crippen molar-refractivity contribution in [1.82, 2.24) is 0 Å². The minimum absolute atomic E-state index is 0.228. The van der Waals surface area contributed by atoms with E-state index in [4.69, 9.17) is 0 Å². The van der Waals surface area contributed by atoms with Gasteiger partial charge >= 0.3 is 0 Å². The number of hydrogen-bond acceptors (Lipinski definition) is 1. The van der Waals surface area contributed by atoms with Crippen molar-refractivity contribution in [2.75, 3.05) is 0 Å². The van der Waals surface area contributed by atoms with Crippen molar-refractivity contribution in [3.63, 3.8) is 0 Å². The maximum Gasteiger partial charge on any atom is 0.123 e. The minimum Gasteiger partial charge on any atom is -0.392 e. The Kier molecular flexibility index (Phi) is 4.33. The number of hydrogen-bond donors (Lipinski definition) is 1. The Hall–Kier alpha value is -1.67. The second-order valence-corrected chi connectivity index (χ2v) is 5.12. The Morgan fingerprint density at radius 3 is 2.32 bits per heavy atom. The summed E-state index contributed by atoms with van der Waals surface area (Å²) >= 11 is 0. The third kappa shape index (κ3) is 3.90. The van der Waals surface area contributed by atoms with Crippen molar-refractivity contribution in [3.05, 3.63) is 70.5 Å². The number of aliphatic hydroxyl groups excluding tert-OH is 1. The van der Waals surface area contributed by atoms with E-state index in [1.807, 2.05) is 38.1 Å². The van der Waals surface area contributed by atoms with Gasteiger partial charge in [-0.1, -0.05) is 35.9 Å². The van der Waals surface area contributed by atoms with Crippen LogP contribution in [0.1, 0.15) is 22.3 Å². The lowest BCUT2D eigenvalue weighted by Crippen LogP contribution is -2.14. The molecule has 0 aliphatic heterocycles. The first kappa shape index (κ1) is 13.8. The molecule has 0 amide bonds. The summed E-state index contributed by atoms with van der Waals surface area (Å²) in [7, 11) is 0. The van der Waals surface area contributed by atoms with Crippen molar-refractivity contribution in [3.8, 4) is 0 Å². The quantitative estimate of drug-likeness (QED) is 0.888. The minimum atomic E-state index is -0.438. The summed E-state index contributed by atoms with van der Waals surface area (Å²) in [6.45, 7) is 3.92. The van der Waals surface area contributed by atoms with Gasteiger partial charge in [0.1, 0.15) is 5.82 Å². The molecule has 2 aromatic carbocycles. The van der Waals surface area contributed by atoms with E-state index < -0.39 is 6.10 Å². The van der Waals surface area contributed by atoms with E-state index in [2.05, 4.69) is 0 Å².